The van der Waals surface area contributed by atoms with Gasteiger partial charge in [-0.05, 0) is 43.3 Å². The molecular weight excluding hydrogens is 382 g/mol. The number of carbonyl (C=O) groups excluding carboxylic acids is 2. The number of anilines is 1. The summed E-state index contributed by atoms with van der Waals surface area (Å²) in [5, 5.41) is 5.89. The highest BCUT2D eigenvalue weighted by molar-refractivity contribution is 5.98. The van der Waals surface area contributed by atoms with E-state index in [1.807, 2.05) is 31.2 Å². The number of furan rings is 1. The van der Waals surface area contributed by atoms with Crippen LogP contribution >= 0.6 is 0 Å². The maximum Gasteiger partial charge on any atom is 0.325 e. The Morgan fingerprint density at radius 2 is 2.07 bits per heavy atom. The summed E-state index contributed by atoms with van der Waals surface area (Å²) in [4.78, 5) is 27.2. The average molecular weight is 403 g/mol. The molecule has 2 aliphatic rings. The second kappa shape index (κ2) is 6.95. The third-order valence-corrected chi connectivity index (χ3v) is 5.55. The largest absolute Gasteiger partial charge is 0.467 e. The molecule has 7 nitrogen and oxygen atoms in total. The van der Waals surface area contributed by atoms with E-state index in [1.165, 1.54) is 0 Å². The Hall–Kier alpha value is -3.74. The lowest BCUT2D eigenvalue weighted by molar-refractivity contribution is 0.0378. The highest BCUT2D eigenvalue weighted by Gasteiger charge is 2.49. The molecule has 3 heterocycles. The van der Waals surface area contributed by atoms with Gasteiger partial charge in [0.2, 0.25) is 0 Å². The molecule has 2 aromatic carbocycles. The van der Waals surface area contributed by atoms with Gasteiger partial charge >= 0.3 is 6.03 Å². The monoisotopic (exact) mass is 403 g/mol. The van der Waals surface area contributed by atoms with Crippen LogP contribution in [0.5, 0.6) is 5.75 Å². The number of nitrogens with zero attached hydrogens (tertiary/aromatic N) is 1. The van der Waals surface area contributed by atoms with Gasteiger partial charge in [-0.25, -0.2) is 4.79 Å². The zero-order chi connectivity index (χ0) is 20.7. The van der Waals surface area contributed by atoms with Crippen molar-refractivity contribution in [1.29, 1.82) is 0 Å². The van der Waals surface area contributed by atoms with Gasteiger partial charge in [0.05, 0.1) is 24.5 Å². The lowest BCUT2D eigenvalue weighted by atomic mass is 9.90. The fourth-order valence-electron chi connectivity index (χ4n) is 4.18. The third kappa shape index (κ3) is 3.08. The quantitative estimate of drug-likeness (QED) is 0.690. The standard InChI is InChI=1S/C23H21N3O4/c1-23-13-19(18-9-2-3-10-20(18)30-23)25-22(28)26(23)16-7-4-6-15(12-16)21(27)24-14-17-8-5-11-29-17/h2-12,19H,13-14H2,1H3,(H,24,27)(H,25,28)/t19-,23-/m0/s1. The van der Waals surface area contributed by atoms with E-state index in [4.69, 9.17) is 9.15 Å². The van der Waals surface area contributed by atoms with Crippen molar-refractivity contribution in [3.63, 3.8) is 0 Å². The molecule has 30 heavy (non-hydrogen) atoms. The number of para-hydroxylation sites is 1. The van der Waals surface area contributed by atoms with Crippen LogP contribution in [0.1, 0.15) is 41.1 Å². The van der Waals surface area contributed by atoms with Gasteiger partial charge < -0.3 is 19.8 Å². The summed E-state index contributed by atoms with van der Waals surface area (Å²) in [6.45, 7) is 2.19. The van der Waals surface area contributed by atoms with E-state index in [0.29, 0.717) is 30.0 Å². The number of amides is 3. The van der Waals surface area contributed by atoms with Crippen molar-refractivity contribution in [3.05, 3.63) is 83.8 Å². The van der Waals surface area contributed by atoms with E-state index in [9.17, 15) is 9.59 Å². The van der Waals surface area contributed by atoms with Crippen LogP contribution < -0.4 is 20.3 Å². The number of carbonyl (C=O) groups is 2. The molecule has 3 amide bonds. The highest BCUT2D eigenvalue weighted by Crippen LogP contribution is 2.45. The number of benzene rings is 2. The minimum Gasteiger partial charge on any atom is -0.467 e. The van der Waals surface area contributed by atoms with Gasteiger partial charge in [0, 0.05) is 17.5 Å². The lowest BCUT2D eigenvalue weighted by Gasteiger charge is -2.50. The molecule has 3 aromatic rings. The van der Waals surface area contributed by atoms with Crippen molar-refractivity contribution in [3.8, 4) is 5.75 Å². The van der Waals surface area contributed by atoms with Gasteiger partial charge in [-0.15, -0.1) is 0 Å². The van der Waals surface area contributed by atoms with Crippen LogP contribution in [0, 0.1) is 0 Å². The van der Waals surface area contributed by atoms with Crippen LogP contribution in [0.4, 0.5) is 10.5 Å². The molecule has 152 valence electrons. The van der Waals surface area contributed by atoms with Gasteiger partial charge in [-0.2, -0.15) is 0 Å². The zero-order valence-electron chi connectivity index (χ0n) is 16.4. The normalized spacial score (nSPS) is 22.0. The second-order valence-electron chi connectivity index (χ2n) is 7.67. The number of hydrogen-bond acceptors (Lipinski definition) is 4. The Morgan fingerprint density at radius 1 is 1.20 bits per heavy atom. The number of fused-ring (bicyclic) bond motifs is 4. The molecule has 0 radical (unpaired) electrons. The predicted molar refractivity (Wildman–Crippen MR) is 110 cm³/mol. The third-order valence-electron chi connectivity index (χ3n) is 5.55. The summed E-state index contributed by atoms with van der Waals surface area (Å²) in [5.74, 6) is 1.18. The van der Waals surface area contributed by atoms with Crippen LogP contribution in [-0.2, 0) is 6.54 Å². The van der Waals surface area contributed by atoms with Crippen molar-refractivity contribution in [2.75, 3.05) is 4.90 Å². The Bertz CT molecular complexity index is 1110. The van der Waals surface area contributed by atoms with Crippen LogP contribution in [0.3, 0.4) is 0 Å². The first-order valence-electron chi connectivity index (χ1n) is 9.83. The van der Waals surface area contributed by atoms with E-state index in [0.717, 1.165) is 11.3 Å². The molecule has 2 atom stereocenters. The van der Waals surface area contributed by atoms with E-state index in [-0.39, 0.29) is 18.0 Å². The van der Waals surface area contributed by atoms with Crippen molar-refractivity contribution in [2.24, 2.45) is 0 Å². The molecule has 1 aromatic heterocycles. The average Bonchev–Trinajstić information content (AvgIpc) is 3.25. The summed E-state index contributed by atoms with van der Waals surface area (Å²) >= 11 is 0. The topological polar surface area (TPSA) is 83.8 Å². The molecule has 0 saturated carbocycles. The molecule has 7 heteroatoms. The molecule has 2 bridgehead atoms. The molecule has 1 fully saturated rings. The summed E-state index contributed by atoms with van der Waals surface area (Å²) in [6.07, 6.45) is 2.16. The SMILES string of the molecule is C[C@]12C[C@H](NC(=O)N1c1cccc(C(=O)NCc3ccco3)c1)c1ccccc1O2. The summed E-state index contributed by atoms with van der Waals surface area (Å²) in [7, 11) is 0. The van der Waals surface area contributed by atoms with E-state index in [2.05, 4.69) is 10.6 Å². The lowest BCUT2D eigenvalue weighted by Crippen LogP contribution is -2.65. The van der Waals surface area contributed by atoms with Crippen LogP contribution in [0.25, 0.3) is 0 Å². The van der Waals surface area contributed by atoms with Gasteiger partial charge in [-0.3, -0.25) is 9.69 Å². The highest BCUT2D eigenvalue weighted by atomic mass is 16.5. The number of ether oxygens (including phenoxy) is 1. The van der Waals surface area contributed by atoms with Gasteiger partial charge in [0.1, 0.15) is 11.5 Å². The Balaban J connectivity index is 1.42. The molecule has 0 spiro atoms. The maximum atomic E-state index is 13.0. The number of hydrogen-bond donors (Lipinski definition) is 2. The van der Waals surface area contributed by atoms with Crippen molar-refractivity contribution < 1.29 is 18.7 Å². The fourth-order valence-corrected chi connectivity index (χ4v) is 4.18. The van der Waals surface area contributed by atoms with Crippen molar-refractivity contribution in [2.45, 2.75) is 31.7 Å². The molecule has 1 saturated heterocycles. The summed E-state index contributed by atoms with van der Waals surface area (Å²) < 4.78 is 11.5. The zero-order valence-corrected chi connectivity index (χ0v) is 16.4. The second-order valence-corrected chi connectivity index (χ2v) is 7.67. The Kier molecular flexibility index (Phi) is 4.24. The van der Waals surface area contributed by atoms with Gasteiger partial charge in [-0.1, -0.05) is 24.3 Å². The molecule has 2 N–H and O–H groups in total. The minimum absolute atomic E-state index is 0.108. The van der Waals surface area contributed by atoms with E-state index >= 15 is 0 Å². The molecule has 0 aliphatic carbocycles. The van der Waals surface area contributed by atoms with Crippen molar-refractivity contribution in [1.82, 2.24) is 10.6 Å². The first-order valence-corrected chi connectivity index (χ1v) is 9.83. The molecule has 5 rings (SSSR count). The van der Waals surface area contributed by atoms with Gasteiger partial charge in [0.25, 0.3) is 5.91 Å². The molecule has 0 unspecified atom stereocenters. The predicted octanol–water partition coefficient (Wildman–Crippen LogP) is 3.98. The summed E-state index contributed by atoms with van der Waals surface area (Å²) in [6, 6.07) is 17.9. The van der Waals surface area contributed by atoms with Crippen LogP contribution in [0.2, 0.25) is 0 Å². The van der Waals surface area contributed by atoms with Crippen molar-refractivity contribution >= 4 is 17.6 Å². The Labute approximate surface area is 173 Å². The fraction of sp³-hybridized carbons (Fsp3) is 0.217. The van der Waals surface area contributed by atoms with Gasteiger partial charge in [0.15, 0.2) is 5.72 Å². The molecule has 2 aliphatic heterocycles. The van der Waals surface area contributed by atoms with E-state index in [1.54, 1.807) is 47.6 Å². The maximum absolute atomic E-state index is 13.0. The molecular formula is C23H21N3O4. The number of urea groups is 1. The Morgan fingerprint density at radius 3 is 2.90 bits per heavy atom. The van der Waals surface area contributed by atoms with Crippen LogP contribution in [0.15, 0.2) is 71.3 Å². The first-order chi connectivity index (χ1) is 14.5. The van der Waals surface area contributed by atoms with E-state index < -0.39 is 5.72 Å². The summed E-state index contributed by atoms with van der Waals surface area (Å²) in [5.41, 5.74) is 1.17. The minimum atomic E-state index is -0.857. The number of nitrogens with one attached hydrogen (secondary N) is 2. The smallest absolute Gasteiger partial charge is 0.325 e. The first kappa shape index (κ1) is 18.3. The number of rotatable bonds is 4. The van der Waals surface area contributed by atoms with Crippen LogP contribution in [-0.4, -0.2) is 17.7 Å².